The van der Waals surface area contributed by atoms with Gasteiger partial charge in [-0.3, -0.25) is 10.1 Å². The summed E-state index contributed by atoms with van der Waals surface area (Å²) in [6.45, 7) is 1.69. The Bertz CT molecular complexity index is 1150. The van der Waals surface area contributed by atoms with Crippen LogP contribution in [0.2, 0.25) is 5.02 Å². The third kappa shape index (κ3) is 3.27. The lowest BCUT2D eigenvalue weighted by Gasteiger charge is -2.04. The zero-order valence-corrected chi connectivity index (χ0v) is 16.0. The average molecular weight is 400 g/mol. The summed E-state index contributed by atoms with van der Waals surface area (Å²) in [6, 6.07) is 12.7. The highest BCUT2D eigenvalue weighted by Gasteiger charge is 2.24. The standard InChI is InChI=1S/C19H14ClN3O3S/c1-10-16(17(23-26-10)12-5-3-4-6-13(12)20)18(24)22-19-21-14-8-7-11(25-2)9-15(14)27-19/h3-9H,1-2H3,(H,21,22,24). The molecule has 0 aliphatic carbocycles. The molecule has 2 aromatic carbocycles. The minimum atomic E-state index is -0.352. The van der Waals surface area contributed by atoms with Crippen LogP contribution >= 0.6 is 22.9 Å². The van der Waals surface area contributed by atoms with Crippen LogP contribution in [0.25, 0.3) is 21.5 Å². The van der Waals surface area contributed by atoms with Crippen molar-refractivity contribution < 1.29 is 14.1 Å². The highest BCUT2D eigenvalue weighted by molar-refractivity contribution is 7.22. The number of halogens is 1. The van der Waals surface area contributed by atoms with Gasteiger partial charge in [0.2, 0.25) is 0 Å². The van der Waals surface area contributed by atoms with E-state index in [2.05, 4.69) is 15.5 Å². The van der Waals surface area contributed by atoms with E-state index in [0.29, 0.717) is 32.7 Å². The van der Waals surface area contributed by atoms with E-state index in [-0.39, 0.29) is 5.91 Å². The molecule has 0 radical (unpaired) electrons. The molecule has 0 fully saturated rings. The molecule has 0 atom stereocenters. The van der Waals surface area contributed by atoms with Crippen molar-refractivity contribution in [1.82, 2.24) is 10.1 Å². The Hall–Kier alpha value is -2.90. The van der Waals surface area contributed by atoms with E-state index in [1.165, 1.54) is 11.3 Å². The highest BCUT2D eigenvalue weighted by atomic mass is 35.5. The number of carbonyl (C=O) groups excluding carboxylic acids is 1. The molecule has 2 aromatic heterocycles. The van der Waals surface area contributed by atoms with Gasteiger partial charge in [0.1, 0.15) is 22.8 Å². The molecular formula is C19H14ClN3O3S. The van der Waals surface area contributed by atoms with E-state index in [0.717, 1.165) is 16.0 Å². The number of ether oxygens (including phenoxy) is 1. The molecule has 1 N–H and O–H groups in total. The smallest absolute Gasteiger partial charge is 0.263 e. The maximum atomic E-state index is 12.9. The first-order chi connectivity index (χ1) is 13.1. The lowest BCUT2D eigenvalue weighted by atomic mass is 10.1. The van der Waals surface area contributed by atoms with Gasteiger partial charge in [-0.15, -0.1) is 0 Å². The SMILES string of the molecule is COc1ccc2nc(NC(=O)c3c(-c4ccccc4Cl)noc3C)sc2c1. The summed E-state index contributed by atoms with van der Waals surface area (Å²) in [4.78, 5) is 17.3. The van der Waals surface area contributed by atoms with Crippen LogP contribution in [0.4, 0.5) is 5.13 Å². The van der Waals surface area contributed by atoms with Crippen molar-refractivity contribution in [3.05, 3.63) is 58.8 Å². The van der Waals surface area contributed by atoms with Gasteiger partial charge >= 0.3 is 0 Å². The van der Waals surface area contributed by atoms with Crippen LogP contribution < -0.4 is 10.1 Å². The Kier molecular flexibility index (Phi) is 4.55. The summed E-state index contributed by atoms with van der Waals surface area (Å²) < 4.78 is 11.4. The lowest BCUT2D eigenvalue weighted by Crippen LogP contribution is -2.13. The maximum absolute atomic E-state index is 12.9. The lowest BCUT2D eigenvalue weighted by molar-refractivity contribution is 0.102. The van der Waals surface area contributed by atoms with E-state index in [1.807, 2.05) is 30.3 Å². The Morgan fingerprint density at radius 1 is 1.26 bits per heavy atom. The van der Waals surface area contributed by atoms with Crippen LogP contribution in [-0.2, 0) is 0 Å². The van der Waals surface area contributed by atoms with Crippen molar-refractivity contribution in [2.75, 3.05) is 12.4 Å². The number of hydrogen-bond acceptors (Lipinski definition) is 6. The third-order valence-corrected chi connectivity index (χ3v) is 5.30. The fraction of sp³-hybridized carbons (Fsp3) is 0.105. The molecule has 8 heteroatoms. The minimum absolute atomic E-state index is 0.333. The summed E-state index contributed by atoms with van der Waals surface area (Å²) in [5, 5.41) is 7.82. The maximum Gasteiger partial charge on any atom is 0.263 e. The van der Waals surface area contributed by atoms with Crippen molar-refractivity contribution in [3.63, 3.8) is 0 Å². The van der Waals surface area contributed by atoms with E-state index >= 15 is 0 Å². The normalized spacial score (nSPS) is 10.9. The average Bonchev–Trinajstić information content (AvgIpc) is 3.24. The molecule has 136 valence electrons. The van der Waals surface area contributed by atoms with Crippen molar-refractivity contribution in [2.45, 2.75) is 6.92 Å². The van der Waals surface area contributed by atoms with Gasteiger partial charge in [0, 0.05) is 5.56 Å². The van der Waals surface area contributed by atoms with Crippen LogP contribution in [0, 0.1) is 6.92 Å². The van der Waals surface area contributed by atoms with Crippen molar-refractivity contribution in [1.29, 1.82) is 0 Å². The molecule has 0 bridgehead atoms. The van der Waals surface area contributed by atoms with Crippen LogP contribution in [0.5, 0.6) is 5.75 Å². The molecule has 6 nitrogen and oxygen atoms in total. The van der Waals surface area contributed by atoms with E-state index in [4.69, 9.17) is 20.9 Å². The Balaban J connectivity index is 1.68. The molecule has 0 aliphatic rings. The van der Waals surface area contributed by atoms with Crippen molar-refractivity contribution in [2.24, 2.45) is 0 Å². The number of rotatable bonds is 4. The van der Waals surface area contributed by atoms with E-state index < -0.39 is 0 Å². The van der Waals surface area contributed by atoms with Crippen LogP contribution in [0.1, 0.15) is 16.1 Å². The summed E-state index contributed by atoms with van der Waals surface area (Å²) in [5.41, 5.74) is 2.15. The summed E-state index contributed by atoms with van der Waals surface area (Å²) in [7, 11) is 1.61. The molecule has 4 aromatic rings. The molecule has 2 heterocycles. The Morgan fingerprint density at radius 3 is 2.85 bits per heavy atom. The zero-order chi connectivity index (χ0) is 19.0. The van der Waals surface area contributed by atoms with E-state index in [9.17, 15) is 4.79 Å². The first-order valence-electron chi connectivity index (χ1n) is 8.04. The van der Waals surface area contributed by atoms with Gasteiger partial charge in [-0.2, -0.15) is 0 Å². The molecule has 27 heavy (non-hydrogen) atoms. The predicted molar refractivity (Wildman–Crippen MR) is 106 cm³/mol. The Morgan fingerprint density at radius 2 is 2.07 bits per heavy atom. The quantitative estimate of drug-likeness (QED) is 0.512. The van der Waals surface area contributed by atoms with Gasteiger partial charge in [-0.1, -0.05) is 46.3 Å². The molecule has 0 unspecified atom stereocenters. The summed E-state index contributed by atoms with van der Waals surface area (Å²) in [5.74, 6) is 0.791. The van der Waals surface area contributed by atoms with Gasteiger partial charge in [0.05, 0.1) is 22.3 Å². The molecule has 1 amide bonds. The van der Waals surface area contributed by atoms with E-state index in [1.54, 1.807) is 26.2 Å². The number of methoxy groups -OCH3 is 1. The number of thiazole rings is 1. The van der Waals surface area contributed by atoms with Crippen molar-refractivity contribution >= 4 is 44.2 Å². The summed E-state index contributed by atoms with van der Waals surface area (Å²) >= 11 is 7.61. The number of anilines is 1. The molecular weight excluding hydrogens is 386 g/mol. The zero-order valence-electron chi connectivity index (χ0n) is 14.4. The number of carbonyl (C=O) groups is 1. The fourth-order valence-corrected chi connectivity index (χ4v) is 3.84. The van der Waals surface area contributed by atoms with Crippen LogP contribution in [0.15, 0.2) is 47.0 Å². The number of amides is 1. The molecule has 0 aliphatic heterocycles. The monoisotopic (exact) mass is 399 g/mol. The fourth-order valence-electron chi connectivity index (χ4n) is 2.72. The second kappa shape index (κ2) is 7.02. The Labute approximate surface area is 163 Å². The van der Waals surface area contributed by atoms with Gasteiger partial charge in [-0.25, -0.2) is 4.98 Å². The van der Waals surface area contributed by atoms with Crippen molar-refractivity contribution in [3.8, 4) is 17.0 Å². The molecule has 0 spiro atoms. The number of aromatic nitrogens is 2. The predicted octanol–water partition coefficient (Wildman–Crippen LogP) is 5.17. The molecule has 0 saturated carbocycles. The largest absolute Gasteiger partial charge is 0.497 e. The minimum Gasteiger partial charge on any atom is -0.497 e. The number of aryl methyl sites for hydroxylation is 1. The highest BCUT2D eigenvalue weighted by Crippen LogP contribution is 2.33. The third-order valence-electron chi connectivity index (χ3n) is 4.03. The number of nitrogens with zero attached hydrogens (tertiary/aromatic N) is 2. The van der Waals surface area contributed by atoms with Gasteiger partial charge in [-0.05, 0) is 31.2 Å². The van der Waals surface area contributed by atoms with Gasteiger partial charge in [0.25, 0.3) is 5.91 Å². The molecule has 0 saturated heterocycles. The second-order valence-electron chi connectivity index (χ2n) is 5.75. The molecule has 4 rings (SSSR count). The number of hydrogen-bond donors (Lipinski definition) is 1. The topological polar surface area (TPSA) is 77.2 Å². The number of nitrogens with one attached hydrogen (secondary N) is 1. The first kappa shape index (κ1) is 17.5. The first-order valence-corrected chi connectivity index (χ1v) is 9.23. The van der Waals surface area contributed by atoms with Crippen LogP contribution in [-0.4, -0.2) is 23.2 Å². The second-order valence-corrected chi connectivity index (χ2v) is 7.19. The van der Waals surface area contributed by atoms with Gasteiger partial charge in [0.15, 0.2) is 5.13 Å². The van der Waals surface area contributed by atoms with Crippen LogP contribution in [0.3, 0.4) is 0 Å². The number of benzene rings is 2. The number of fused-ring (bicyclic) bond motifs is 1. The summed E-state index contributed by atoms with van der Waals surface area (Å²) in [6.07, 6.45) is 0. The van der Waals surface area contributed by atoms with Gasteiger partial charge < -0.3 is 9.26 Å².